The molecule has 0 aliphatic rings. The van der Waals surface area contributed by atoms with Crippen molar-refractivity contribution >= 4 is 11.8 Å². The van der Waals surface area contributed by atoms with Crippen LogP contribution in [0, 0.1) is 12.5 Å². The maximum atomic E-state index is 10.8. The summed E-state index contributed by atoms with van der Waals surface area (Å²) in [6, 6.07) is 6.01. The third kappa shape index (κ3) is 5.26. The maximum absolute atomic E-state index is 10.8. The van der Waals surface area contributed by atoms with Crippen LogP contribution in [0.15, 0.2) is 47.5 Å². The van der Waals surface area contributed by atoms with Crippen LogP contribution in [0.3, 0.4) is 0 Å². The number of benzene rings is 1. The van der Waals surface area contributed by atoms with Gasteiger partial charge in [-0.25, -0.2) is 20.3 Å². The summed E-state index contributed by atoms with van der Waals surface area (Å²) in [6.45, 7) is 2.29. The number of nitrogens with two attached hydrogens (primary N) is 1. The highest BCUT2D eigenvalue weighted by molar-refractivity contribution is 5.87. The Morgan fingerprint density at radius 2 is 2.12 bits per heavy atom. The largest absolute Gasteiger partial charge is 0.487 e. The molecule has 0 saturated heterocycles. The van der Waals surface area contributed by atoms with Gasteiger partial charge in [0.25, 0.3) is 0 Å². The monoisotopic (exact) mass is 356 g/mol. The zero-order valence-corrected chi connectivity index (χ0v) is 14.5. The van der Waals surface area contributed by atoms with Gasteiger partial charge < -0.3 is 20.5 Å². The van der Waals surface area contributed by atoms with E-state index in [-0.39, 0.29) is 12.2 Å². The Bertz CT molecular complexity index is 820. The summed E-state index contributed by atoms with van der Waals surface area (Å²) >= 11 is 0. The van der Waals surface area contributed by atoms with Crippen molar-refractivity contribution in [2.75, 3.05) is 19.4 Å². The Labute approximate surface area is 150 Å². The maximum Gasteiger partial charge on any atom is 0.335 e. The summed E-state index contributed by atoms with van der Waals surface area (Å²) in [6.07, 6.45) is 3.33. The van der Waals surface area contributed by atoms with E-state index in [2.05, 4.69) is 15.1 Å². The third-order valence-corrected chi connectivity index (χ3v) is 3.44. The number of aromatic carboxylic acids is 1. The van der Waals surface area contributed by atoms with Gasteiger partial charge in [-0.05, 0) is 31.2 Å². The lowest BCUT2D eigenvalue weighted by atomic mass is 10.2. The first-order valence-electron chi connectivity index (χ1n) is 7.71. The van der Waals surface area contributed by atoms with Crippen molar-refractivity contribution in [3.8, 4) is 5.75 Å². The van der Waals surface area contributed by atoms with E-state index in [0.29, 0.717) is 29.6 Å². The molecule has 0 atom stereocenters. The molecule has 9 heteroatoms. The molecule has 1 heterocycles. The smallest absolute Gasteiger partial charge is 0.335 e. The summed E-state index contributed by atoms with van der Waals surface area (Å²) in [5.41, 5.74) is 14.5. The van der Waals surface area contributed by atoms with Gasteiger partial charge in [0.15, 0.2) is 0 Å². The van der Waals surface area contributed by atoms with Crippen LogP contribution in [0.5, 0.6) is 5.75 Å². The van der Waals surface area contributed by atoms with Crippen molar-refractivity contribution in [3.63, 3.8) is 0 Å². The Kier molecular flexibility index (Phi) is 6.20. The van der Waals surface area contributed by atoms with E-state index in [9.17, 15) is 4.79 Å². The first kappa shape index (κ1) is 18.8. The Hall–Kier alpha value is -3.49. The van der Waals surface area contributed by atoms with Gasteiger partial charge in [-0.2, -0.15) is 5.11 Å². The number of carbonyl (C=O) groups is 1. The Morgan fingerprint density at radius 1 is 1.42 bits per heavy atom. The van der Waals surface area contributed by atoms with Gasteiger partial charge >= 0.3 is 5.97 Å². The molecule has 136 valence electrons. The number of anilines is 1. The highest BCUT2D eigenvalue weighted by Crippen LogP contribution is 2.15. The molecule has 0 amide bonds. The average molecular weight is 356 g/mol. The number of aryl methyl sites for hydroxylation is 1. The number of rotatable bonds is 8. The number of carboxylic acids is 1. The first-order chi connectivity index (χ1) is 12.4. The SMILES string of the molecule is Cc1ncc(CN(C)C=C(COc2ccc(C(=O)O)cc2)N=N)c(N)n1. The van der Waals surface area contributed by atoms with Gasteiger partial charge in [0.2, 0.25) is 0 Å². The highest BCUT2D eigenvalue weighted by Gasteiger charge is 2.07. The molecule has 0 unspecified atom stereocenters. The van der Waals surface area contributed by atoms with Crippen LogP contribution in [-0.4, -0.2) is 39.6 Å². The van der Waals surface area contributed by atoms with E-state index in [1.807, 2.05) is 7.05 Å². The predicted octanol–water partition coefficient (Wildman–Crippen LogP) is 2.45. The number of nitrogen functional groups attached to an aromatic ring is 1. The van der Waals surface area contributed by atoms with Crippen LogP contribution in [0.2, 0.25) is 0 Å². The quantitative estimate of drug-likeness (QED) is 0.617. The van der Waals surface area contributed by atoms with Gasteiger partial charge in [-0.1, -0.05) is 0 Å². The molecule has 4 N–H and O–H groups in total. The summed E-state index contributed by atoms with van der Waals surface area (Å²) in [4.78, 5) is 20.9. The lowest BCUT2D eigenvalue weighted by Gasteiger charge is -2.16. The van der Waals surface area contributed by atoms with Crippen molar-refractivity contribution in [2.45, 2.75) is 13.5 Å². The van der Waals surface area contributed by atoms with Gasteiger partial charge in [0.1, 0.15) is 29.7 Å². The van der Waals surface area contributed by atoms with Crippen LogP contribution in [0.4, 0.5) is 5.82 Å². The predicted molar refractivity (Wildman–Crippen MR) is 94.8 cm³/mol. The zero-order valence-electron chi connectivity index (χ0n) is 14.5. The Balaban J connectivity index is 1.97. The molecule has 0 saturated carbocycles. The molecule has 0 radical (unpaired) electrons. The van der Waals surface area contributed by atoms with Crippen molar-refractivity contribution in [1.29, 1.82) is 5.53 Å². The van der Waals surface area contributed by atoms with E-state index in [0.717, 1.165) is 5.56 Å². The summed E-state index contributed by atoms with van der Waals surface area (Å²) in [7, 11) is 1.81. The standard InChI is InChI=1S/C17H20N6O3/c1-11-20-7-13(16(18)21-11)8-23(2)9-14(22-19)10-26-15-5-3-12(4-6-15)17(24)25/h3-7,9,19H,8,10H2,1-2H3,(H,24,25)(H2,18,20,21). The number of nitrogens with one attached hydrogen (secondary N) is 1. The molecule has 2 rings (SSSR count). The second kappa shape index (κ2) is 8.56. The Morgan fingerprint density at radius 3 is 2.69 bits per heavy atom. The number of aromatic nitrogens is 2. The normalized spacial score (nSPS) is 11.1. The molecule has 0 fully saturated rings. The van der Waals surface area contributed by atoms with Crippen LogP contribution in [0.25, 0.3) is 0 Å². The molecular formula is C17H20N6O3. The molecular weight excluding hydrogens is 336 g/mol. The molecule has 1 aromatic carbocycles. The first-order valence-corrected chi connectivity index (χ1v) is 7.71. The topological polar surface area (TPSA) is 138 Å². The van der Waals surface area contributed by atoms with Crippen molar-refractivity contribution < 1.29 is 14.6 Å². The minimum absolute atomic E-state index is 0.0696. The number of hydrogen-bond acceptors (Lipinski definition) is 8. The number of carboxylic acid groups (broad SMARTS) is 1. The average Bonchev–Trinajstić information content (AvgIpc) is 2.61. The van der Waals surface area contributed by atoms with Crippen molar-refractivity contribution in [3.05, 3.63) is 59.3 Å². The van der Waals surface area contributed by atoms with E-state index in [1.165, 1.54) is 12.1 Å². The zero-order chi connectivity index (χ0) is 19.1. The van der Waals surface area contributed by atoms with E-state index in [4.69, 9.17) is 21.1 Å². The third-order valence-electron chi connectivity index (χ3n) is 3.44. The molecule has 0 aliphatic carbocycles. The van der Waals surface area contributed by atoms with E-state index >= 15 is 0 Å². The minimum Gasteiger partial charge on any atom is -0.487 e. The summed E-state index contributed by atoms with van der Waals surface area (Å²) in [5, 5.41) is 12.3. The molecule has 0 spiro atoms. The van der Waals surface area contributed by atoms with Crippen LogP contribution >= 0.6 is 0 Å². The molecule has 0 aliphatic heterocycles. The fourth-order valence-corrected chi connectivity index (χ4v) is 2.15. The molecule has 2 aromatic rings. The van der Waals surface area contributed by atoms with Gasteiger partial charge in [-0.3, -0.25) is 0 Å². The van der Waals surface area contributed by atoms with Crippen molar-refractivity contribution in [2.24, 2.45) is 5.11 Å². The molecule has 9 nitrogen and oxygen atoms in total. The fraction of sp³-hybridized carbons (Fsp3) is 0.235. The lowest BCUT2D eigenvalue weighted by Crippen LogP contribution is -2.15. The lowest BCUT2D eigenvalue weighted by molar-refractivity contribution is 0.0697. The van der Waals surface area contributed by atoms with Gasteiger partial charge in [0, 0.05) is 31.6 Å². The van der Waals surface area contributed by atoms with E-state index < -0.39 is 5.97 Å². The van der Waals surface area contributed by atoms with Crippen LogP contribution in [0.1, 0.15) is 21.7 Å². The van der Waals surface area contributed by atoms with E-state index in [1.54, 1.807) is 36.4 Å². The fourth-order valence-electron chi connectivity index (χ4n) is 2.15. The van der Waals surface area contributed by atoms with Gasteiger partial charge in [-0.15, -0.1) is 0 Å². The van der Waals surface area contributed by atoms with Crippen molar-refractivity contribution in [1.82, 2.24) is 14.9 Å². The van der Waals surface area contributed by atoms with Gasteiger partial charge in [0.05, 0.1) is 5.56 Å². The number of nitrogens with zero attached hydrogens (tertiary/aromatic N) is 4. The van der Waals surface area contributed by atoms with Crippen LogP contribution < -0.4 is 10.5 Å². The molecule has 1 aromatic heterocycles. The summed E-state index contributed by atoms with van der Waals surface area (Å²) < 4.78 is 5.53. The molecule has 0 bridgehead atoms. The number of hydrogen-bond donors (Lipinski definition) is 3. The minimum atomic E-state index is -1.00. The summed E-state index contributed by atoms with van der Waals surface area (Å²) in [5.74, 6) is 0.508. The van der Waals surface area contributed by atoms with Crippen LogP contribution in [-0.2, 0) is 6.54 Å². The second-order valence-corrected chi connectivity index (χ2v) is 5.59. The highest BCUT2D eigenvalue weighted by atomic mass is 16.5. The number of ether oxygens (including phenoxy) is 1. The molecule has 26 heavy (non-hydrogen) atoms. The second-order valence-electron chi connectivity index (χ2n) is 5.59.